The maximum absolute atomic E-state index is 12.4. The number of thiophene rings is 1. The van der Waals surface area contributed by atoms with Gasteiger partial charge in [0.2, 0.25) is 0 Å². The monoisotopic (exact) mass is 296 g/mol. The molecule has 0 aromatic carbocycles. The molecule has 1 N–H and O–H groups in total. The zero-order valence-electron chi connectivity index (χ0n) is 11.2. The van der Waals surface area contributed by atoms with Gasteiger partial charge in [-0.2, -0.15) is 10.4 Å². The fraction of sp³-hybridized carbons (Fsp3) is 0.267. The zero-order chi connectivity index (χ0) is 14.4. The van der Waals surface area contributed by atoms with E-state index in [2.05, 4.69) is 16.5 Å². The van der Waals surface area contributed by atoms with Crippen LogP contribution in [0.5, 0.6) is 0 Å². The molecular formula is C15H12N4OS. The molecule has 0 spiro atoms. The van der Waals surface area contributed by atoms with Crippen LogP contribution < -0.4 is 5.32 Å². The molecule has 0 unspecified atom stereocenters. The van der Waals surface area contributed by atoms with Crippen LogP contribution in [0.1, 0.15) is 35.7 Å². The lowest BCUT2D eigenvalue weighted by molar-refractivity contribution is -0.116. The fourth-order valence-corrected chi connectivity index (χ4v) is 3.87. The molecule has 0 radical (unpaired) electrons. The number of nitriles is 1. The molecular weight excluding hydrogens is 284 g/mol. The number of fused-ring (bicyclic) bond motifs is 1. The van der Waals surface area contributed by atoms with Crippen LogP contribution in [0.3, 0.4) is 0 Å². The average Bonchev–Trinajstić information content (AvgIpc) is 3.14. The van der Waals surface area contributed by atoms with Crippen molar-refractivity contribution in [2.75, 3.05) is 5.32 Å². The Morgan fingerprint density at radius 3 is 3.14 bits per heavy atom. The van der Waals surface area contributed by atoms with Crippen LogP contribution in [-0.2, 0) is 4.79 Å². The molecule has 0 bridgehead atoms. The van der Waals surface area contributed by atoms with Gasteiger partial charge in [0.1, 0.15) is 23.5 Å². The Morgan fingerprint density at radius 1 is 1.48 bits per heavy atom. The zero-order valence-corrected chi connectivity index (χ0v) is 12.0. The number of allylic oxidation sites excluding steroid dienone is 2. The minimum atomic E-state index is -0.203. The Kier molecular flexibility index (Phi) is 2.69. The predicted octanol–water partition coefficient (Wildman–Crippen LogP) is 2.84. The number of aromatic nitrogens is 2. The summed E-state index contributed by atoms with van der Waals surface area (Å²) in [7, 11) is 0. The first-order chi connectivity index (χ1) is 10.3. The molecule has 21 heavy (non-hydrogen) atoms. The third-order valence-electron chi connectivity index (χ3n) is 3.97. The van der Waals surface area contributed by atoms with Gasteiger partial charge in [0.05, 0.1) is 6.20 Å². The first-order valence-corrected chi connectivity index (χ1v) is 7.72. The van der Waals surface area contributed by atoms with Crippen molar-refractivity contribution in [3.63, 3.8) is 0 Å². The molecule has 0 saturated heterocycles. The Hall–Kier alpha value is -2.39. The van der Waals surface area contributed by atoms with Gasteiger partial charge in [-0.3, -0.25) is 4.79 Å². The molecule has 104 valence electrons. The van der Waals surface area contributed by atoms with Crippen LogP contribution in [0.25, 0.3) is 0 Å². The van der Waals surface area contributed by atoms with Crippen LogP contribution in [0.2, 0.25) is 0 Å². The van der Waals surface area contributed by atoms with Gasteiger partial charge >= 0.3 is 0 Å². The second-order valence-corrected chi connectivity index (χ2v) is 6.15. The third-order valence-corrected chi connectivity index (χ3v) is 4.90. The lowest BCUT2D eigenvalue weighted by Crippen LogP contribution is -2.31. The quantitative estimate of drug-likeness (QED) is 0.878. The molecule has 1 aliphatic heterocycles. The maximum Gasteiger partial charge on any atom is 0.163 e. The maximum atomic E-state index is 12.4. The molecule has 2 aromatic rings. The van der Waals surface area contributed by atoms with Gasteiger partial charge in [0.25, 0.3) is 0 Å². The lowest BCUT2D eigenvalue weighted by atomic mass is 9.88. The summed E-state index contributed by atoms with van der Waals surface area (Å²) < 4.78 is 1.77. The Balaban J connectivity index is 1.96. The normalized spacial score (nSPS) is 20.5. The van der Waals surface area contributed by atoms with E-state index in [-0.39, 0.29) is 11.8 Å². The van der Waals surface area contributed by atoms with Gasteiger partial charge in [0, 0.05) is 22.6 Å². The van der Waals surface area contributed by atoms with Gasteiger partial charge in [-0.15, -0.1) is 11.3 Å². The molecule has 2 aromatic heterocycles. The van der Waals surface area contributed by atoms with Gasteiger partial charge in [-0.05, 0) is 24.3 Å². The van der Waals surface area contributed by atoms with Crippen LogP contribution in [0.4, 0.5) is 5.82 Å². The number of hydrogen-bond acceptors (Lipinski definition) is 5. The minimum absolute atomic E-state index is 0.182. The van der Waals surface area contributed by atoms with Crippen LogP contribution >= 0.6 is 11.3 Å². The number of nitrogens with zero attached hydrogens (tertiary/aromatic N) is 3. The Bertz CT molecular complexity index is 794. The van der Waals surface area contributed by atoms with Crippen LogP contribution in [0, 0.1) is 11.3 Å². The molecule has 3 heterocycles. The summed E-state index contributed by atoms with van der Waals surface area (Å²) >= 11 is 1.61. The van der Waals surface area contributed by atoms with E-state index in [0.29, 0.717) is 17.8 Å². The van der Waals surface area contributed by atoms with E-state index in [1.807, 2.05) is 17.5 Å². The first-order valence-electron chi connectivity index (χ1n) is 6.84. The van der Waals surface area contributed by atoms with E-state index in [1.54, 1.807) is 22.2 Å². The highest BCUT2D eigenvalue weighted by atomic mass is 32.1. The number of carbonyl (C=O) groups is 1. The van der Waals surface area contributed by atoms with Gasteiger partial charge in [-0.1, -0.05) is 6.07 Å². The van der Waals surface area contributed by atoms with Crippen molar-refractivity contribution in [3.05, 3.63) is 45.4 Å². The van der Waals surface area contributed by atoms with E-state index >= 15 is 0 Å². The van der Waals surface area contributed by atoms with Crippen LogP contribution in [-0.4, -0.2) is 15.6 Å². The minimum Gasteiger partial charge on any atom is -0.342 e. The van der Waals surface area contributed by atoms with Gasteiger partial charge in [-0.25, -0.2) is 4.68 Å². The van der Waals surface area contributed by atoms with Crippen molar-refractivity contribution in [2.45, 2.75) is 25.3 Å². The van der Waals surface area contributed by atoms with Gasteiger partial charge < -0.3 is 5.32 Å². The molecule has 0 amide bonds. The van der Waals surface area contributed by atoms with Crippen molar-refractivity contribution >= 4 is 22.9 Å². The largest absolute Gasteiger partial charge is 0.342 e. The third kappa shape index (κ3) is 1.74. The highest BCUT2D eigenvalue weighted by Gasteiger charge is 2.37. The lowest BCUT2D eigenvalue weighted by Gasteiger charge is -2.32. The number of nitrogens with one attached hydrogen (secondary N) is 1. The van der Waals surface area contributed by atoms with Crippen molar-refractivity contribution in [2.24, 2.45) is 0 Å². The predicted molar refractivity (Wildman–Crippen MR) is 78.9 cm³/mol. The van der Waals surface area contributed by atoms with Crippen molar-refractivity contribution in [1.29, 1.82) is 5.26 Å². The van der Waals surface area contributed by atoms with E-state index in [0.717, 1.165) is 29.0 Å². The van der Waals surface area contributed by atoms with E-state index in [4.69, 9.17) is 0 Å². The summed E-state index contributed by atoms with van der Waals surface area (Å²) in [5.74, 6) is 0.881. The standard InChI is InChI=1S/C15H12N4OS/c16-7-9-8-17-19-14(12-5-2-6-21-12)13-10(18-15(9)19)3-1-4-11(13)20/h2,5-6,8,14,18H,1,3-4H2/t14-/m1/s1. The fourth-order valence-electron chi connectivity index (χ4n) is 3.05. The Morgan fingerprint density at radius 2 is 2.38 bits per heavy atom. The summed E-state index contributed by atoms with van der Waals surface area (Å²) in [6.07, 6.45) is 3.85. The number of anilines is 1. The summed E-state index contributed by atoms with van der Waals surface area (Å²) in [5.41, 5.74) is 2.28. The summed E-state index contributed by atoms with van der Waals surface area (Å²) in [6, 6.07) is 5.95. The summed E-state index contributed by atoms with van der Waals surface area (Å²) in [5, 5.41) is 18.8. The molecule has 1 atom stereocenters. The average molecular weight is 296 g/mol. The van der Waals surface area contributed by atoms with Crippen molar-refractivity contribution in [3.8, 4) is 6.07 Å². The molecule has 6 heteroatoms. The second kappa shape index (κ2) is 4.57. The van der Waals surface area contributed by atoms with Crippen molar-refractivity contribution in [1.82, 2.24) is 9.78 Å². The first kappa shape index (κ1) is 12.4. The number of rotatable bonds is 1. The molecule has 5 nitrogen and oxygen atoms in total. The molecule has 0 fully saturated rings. The van der Waals surface area contributed by atoms with Crippen molar-refractivity contribution < 1.29 is 4.79 Å². The Labute approximate surface area is 125 Å². The number of hydrogen-bond donors (Lipinski definition) is 1. The smallest absolute Gasteiger partial charge is 0.163 e. The van der Waals surface area contributed by atoms with E-state index in [1.165, 1.54) is 0 Å². The highest BCUT2D eigenvalue weighted by Crippen LogP contribution is 2.42. The summed E-state index contributed by atoms with van der Waals surface area (Å²) in [6.45, 7) is 0. The van der Waals surface area contributed by atoms with Gasteiger partial charge in [0.15, 0.2) is 5.78 Å². The molecule has 2 aliphatic rings. The number of ketones is 1. The SMILES string of the molecule is N#Cc1cnn2c1NC1=C(C(=O)CCC1)[C@H]2c1cccs1. The van der Waals surface area contributed by atoms with E-state index < -0.39 is 0 Å². The molecule has 0 saturated carbocycles. The van der Waals surface area contributed by atoms with E-state index in [9.17, 15) is 10.1 Å². The molecule has 1 aliphatic carbocycles. The number of carbonyl (C=O) groups excluding carboxylic acids is 1. The van der Waals surface area contributed by atoms with Crippen LogP contribution in [0.15, 0.2) is 35.0 Å². The topological polar surface area (TPSA) is 70.7 Å². The molecule has 4 rings (SSSR count). The highest BCUT2D eigenvalue weighted by molar-refractivity contribution is 7.10. The number of Topliss-reactive ketones (excluding diaryl/α,β-unsaturated/α-hetero) is 1. The second-order valence-electron chi connectivity index (χ2n) is 5.18. The summed E-state index contributed by atoms with van der Waals surface area (Å²) in [4.78, 5) is 13.5.